The summed E-state index contributed by atoms with van der Waals surface area (Å²) in [7, 11) is 1.71. The second kappa shape index (κ2) is 6.97. The Labute approximate surface area is 132 Å². The third-order valence-electron chi connectivity index (χ3n) is 3.66. The monoisotopic (exact) mass is 303 g/mol. The summed E-state index contributed by atoms with van der Waals surface area (Å²) in [6.07, 6.45) is 0. The van der Waals surface area contributed by atoms with Gasteiger partial charge in [-0.3, -0.25) is 0 Å². The van der Waals surface area contributed by atoms with E-state index in [2.05, 4.69) is 44.3 Å². The lowest BCUT2D eigenvalue weighted by molar-refractivity contribution is 0.404. The molecule has 0 spiro atoms. The quantitative estimate of drug-likeness (QED) is 0.867. The van der Waals surface area contributed by atoms with Crippen LogP contribution in [0, 0.1) is 13.8 Å². The summed E-state index contributed by atoms with van der Waals surface area (Å²) in [6.45, 7) is 7.18. The average Bonchev–Trinajstić information content (AvgIpc) is 2.47. The van der Waals surface area contributed by atoms with Crippen molar-refractivity contribution in [3.05, 3.63) is 63.7 Å². The van der Waals surface area contributed by atoms with Gasteiger partial charge in [0.2, 0.25) is 0 Å². The van der Waals surface area contributed by atoms with Crippen LogP contribution in [0.2, 0.25) is 5.02 Å². The van der Waals surface area contributed by atoms with Crippen LogP contribution in [0.5, 0.6) is 5.75 Å². The smallest absolute Gasteiger partial charge is 0.123 e. The molecule has 0 amide bonds. The second-order valence-electron chi connectivity index (χ2n) is 5.24. The van der Waals surface area contributed by atoms with Gasteiger partial charge in [0.1, 0.15) is 5.75 Å². The molecule has 2 aromatic rings. The highest BCUT2D eigenvalue weighted by Gasteiger charge is 2.19. The van der Waals surface area contributed by atoms with Crippen molar-refractivity contribution in [3.63, 3.8) is 0 Å². The highest BCUT2D eigenvalue weighted by atomic mass is 35.5. The molecular formula is C18H22ClNO. The molecule has 2 nitrogen and oxygen atoms in total. The molecule has 1 N–H and O–H groups in total. The number of methoxy groups -OCH3 is 1. The minimum atomic E-state index is 0.0727. The first-order chi connectivity index (χ1) is 10.1. The van der Waals surface area contributed by atoms with Crippen LogP contribution in [0.1, 0.15) is 35.2 Å². The van der Waals surface area contributed by atoms with E-state index >= 15 is 0 Å². The van der Waals surface area contributed by atoms with Crippen LogP contribution < -0.4 is 10.1 Å². The summed E-state index contributed by atoms with van der Waals surface area (Å²) in [4.78, 5) is 0. The summed E-state index contributed by atoms with van der Waals surface area (Å²) in [5.74, 6) is 0.894. The lowest BCUT2D eigenvalue weighted by Gasteiger charge is -2.23. The number of hydrogen-bond acceptors (Lipinski definition) is 2. The van der Waals surface area contributed by atoms with E-state index in [0.717, 1.165) is 22.9 Å². The third-order valence-corrected chi connectivity index (χ3v) is 3.89. The van der Waals surface area contributed by atoms with Crippen LogP contribution >= 0.6 is 11.6 Å². The number of nitrogens with one attached hydrogen (secondary N) is 1. The molecule has 2 rings (SSSR count). The third kappa shape index (κ3) is 3.58. The first-order valence-electron chi connectivity index (χ1n) is 7.20. The highest BCUT2D eigenvalue weighted by Crippen LogP contribution is 2.33. The first kappa shape index (κ1) is 15.9. The maximum Gasteiger partial charge on any atom is 0.123 e. The fourth-order valence-electron chi connectivity index (χ4n) is 2.59. The summed E-state index contributed by atoms with van der Waals surface area (Å²) in [5.41, 5.74) is 4.76. The van der Waals surface area contributed by atoms with E-state index in [-0.39, 0.29) is 6.04 Å². The number of benzene rings is 2. The van der Waals surface area contributed by atoms with Gasteiger partial charge < -0.3 is 10.1 Å². The minimum Gasteiger partial charge on any atom is -0.496 e. The Morgan fingerprint density at radius 3 is 2.52 bits per heavy atom. The van der Waals surface area contributed by atoms with E-state index in [4.69, 9.17) is 16.3 Å². The van der Waals surface area contributed by atoms with Crippen molar-refractivity contribution in [3.8, 4) is 5.75 Å². The van der Waals surface area contributed by atoms with E-state index in [9.17, 15) is 0 Å². The summed E-state index contributed by atoms with van der Waals surface area (Å²) >= 11 is 6.19. The van der Waals surface area contributed by atoms with Crippen LogP contribution in [0.25, 0.3) is 0 Å². The van der Waals surface area contributed by atoms with Gasteiger partial charge in [-0.15, -0.1) is 0 Å². The van der Waals surface area contributed by atoms with Gasteiger partial charge in [0.15, 0.2) is 0 Å². The van der Waals surface area contributed by atoms with E-state index in [1.807, 2.05) is 18.2 Å². The Morgan fingerprint density at radius 2 is 1.86 bits per heavy atom. The molecule has 0 aliphatic carbocycles. The van der Waals surface area contributed by atoms with Crippen LogP contribution in [-0.2, 0) is 0 Å². The Morgan fingerprint density at radius 1 is 1.10 bits per heavy atom. The number of halogens is 1. The number of aryl methyl sites for hydroxylation is 2. The van der Waals surface area contributed by atoms with Crippen LogP contribution in [-0.4, -0.2) is 13.7 Å². The Hall–Kier alpha value is -1.51. The topological polar surface area (TPSA) is 21.3 Å². The van der Waals surface area contributed by atoms with Gasteiger partial charge in [0.25, 0.3) is 0 Å². The SMILES string of the molecule is CCNC(c1cc(Cl)ccc1C)c1cc(C)ccc1OC. The van der Waals surface area contributed by atoms with E-state index < -0.39 is 0 Å². The van der Waals surface area contributed by atoms with Crippen molar-refractivity contribution in [2.45, 2.75) is 26.8 Å². The minimum absolute atomic E-state index is 0.0727. The van der Waals surface area contributed by atoms with Gasteiger partial charge in [0.05, 0.1) is 13.2 Å². The molecule has 1 atom stereocenters. The van der Waals surface area contributed by atoms with Crippen molar-refractivity contribution in [2.24, 2.45) is 0 Å². The zero-order chi connectivity index (χ0) is 15.4. The standard InChI is InChI=1S/C18H22ClNO/c1-5-20-18(15-11-14(19)8-7-13(15)3)16-10-12(2)6-9-17(16)21-4/h6-11,18,20H,5H2,1-4H3. The van der Waals surface area contributed by atoms with Crippen LogP contribution in [0.15, 0.2) is 36.4 Å². The van der Waals surface area contributed by atoms with Crippen molar-refractivity contribution >= 4 is 11.6 Å². The van der Waals surface area contributed by atoms with E-state index in [1.165, 1.54) is 16.7 Å². The molecule has 0 fully saturated rings. The predicted octanol–water partition coefficient (Wildman–Crippen LogP) is 4.66. The highest BCUT2D eigenvalue weighted by molar-refractivity contribution is 6.30. The van der Waals surface area contributed by atoms with Gasteiger partial charge in [-0.2, -0.15) is 0 Å². The predicted molar refractivity (Wildman–Crippen MR) is 89.4 cm³/mol. The lowest BCUT2D eigenvalue weighted by Crippen LogP contribution is -2.23. The zero-order valence-corrected chi connectivity index (χ0v) is 13.8. The largest absolute Gasteiger partial charge is 0.496 e. The van der Waals surface area contributed by atoms with Gasteiger partial charge in [-0.25, -0.2) is 0 Å². The van der Waals surface area contributed by atoms with E-state index in [0.29, 0.717) is 0 Å². The lowest BCUT2D eigenvalue weighted by atomic mass is 9.93. The maximum absolute atomic E-state index is 6.19. The molecule has 0 bridgehead atoms. The summed E-state index contributed by atoms with van der Waals surface area (Å²) in [5, 5.41) is 4.30. The molecule has 0 radical (unpaired) electrons. The molecule has 0 saturated heterocycles. The molecule has 0 heterocycles. The fraction of sp³-hybridized carbons (Fsp3) is 0.333. The zero-order valence-electron chi connectivity index (χ0n) is 13.0. The van der Waals surface area contributed by atoms with Crippen LogP contribution in [0.4, 0.5) is 0 Å². The van der Waals surface area contributed by atoms with Gasteiger partial charge in [0, 0.05) is 10.6 Å². The Kier molecular flexibility index (Phi) is 5.27. The molecule has 0 aliphatic rings. The Balaban J connectivity index is 2.58. The van der Waals surface area contributed by atoms with Crippen molar-refractivity contribution in [1.82, 2.24) is 5.32 Å². The molecule has 21 heavy (non-hydrogen) atoms. The molecule has 2 aromatic carbocycles. The summed E-state index contributed by atoms with van der Waals surface area (Å²) < 4.78 is 5.55. The first-order valence-corrected chi connectivity index (χ1v) is 7.58. The number of hydrogen-bond donors (Lipinski definition) is 1. The molecule has 0 saturated carbocycles. The Bertz CT molecular complexity index is 625. The van der Waals surface area contributed by atoms with Crippen molar-refractivity contribution in [1.29, 1.82) is 0 Å². The van der Waals surface area contributed by atoms with E-state index in [1.54, 1.807) is 7.11 Å². The maximum atomic E-state index is 6.19. The van der Waals surface area contributed by atoms with Gasteiger partial charge in [-0.1, -0.05) is 42.3 Å². The van der Waals surface area contributed by atoms with Gasteiger partial charge in [-0.05, 0) is 49.7 Å². The molecule has 3 heteroatoms. The number of ether oxygens (including phenoxy) is 1. The van der Waals surface area contributed by atoms with Gasteiger partial charge >= 0.3 is 0 Å². The second-order valence-corrected chi connectivity index (χ2v) is 5.67. The summed E-state index contributed by atoms with van der Waals surface area (Å²) in [6, 6.07) is 12.4. The molecule has 0 aliphatic heterocycles. The van der Waals surface area contributed by atoms with Crippen molar-refractivity contribution in [2.75, 3.05) is 13.7 Å². The number of rotatable bonds is 5. The van der Waals surface area contributed by atoms with Crippen molar-refractivity contribution < 1.29 is 4.74 Å². The average molecular weight is 304 g/mol. The molecule has 112 valence electrons. The fourth-order valence-corrected chi connectivity index (χ4v) is 2.77. The van der Waals surface area contributed by atoms with Crippen LogP contribution in [0.3, 0.4) is 0 Å². The molecular weight excluding hydrogens is 282 g/mol. The normalized spacial score (nSPS) is 12.2. The molecule has 0 aromatic heterocycles. The molecule has 1 unspecified atom stereocenters.